The number of imide groups is 1. The van der Waals surface area contributed by atoms with Crippen LogP contribution in [0.15, 0.2) is 18.2 Å². The molecule has 0 aliphatic carbocycles. The lowest BCUT2D eigenvalue weighted by molar-refractivity contribution is -0.137. The molecule has 1 aromatic carbocycles. The first-order valence-electron chi connectivity index (χ1n) is 9.71. The van der Waals surface area contributed by atoms with E-state index in [1.54, 1.807) is 11.0 Å². The van der Waals surface area contributed by atoms with E-state index in [9.17, 15) is 22.8 Å². The van der Waals surface area contributed by atoms with E-state index in [-0.39, 0.29) is 30.1 Å². The summed E-state index contributed by atoms with van der Waals surface area (Å²) in [7, 11) is 0. The molecule has 2 N–H and O–H groups in total. The predicted molar refractivity (Wildman–Crippen MR) is 101 cm³/mol. The number of carbonyl (C=O) groups is 2. The van der Waals surface area contributed by atoms with Crippen LogP contribution in [0.1, 0.15) is 45.1 Å². The molecule has 2 aliphatic rings. The lowest BCUT2D eigenvalue weighted by Crippen LogP contribution is -2.47. The van der Waals surface area contributed by atoms with Gasteiger partial charge in [-0.1, -0.05) is 13.8 Å². The molecular formula is C20H26F3N3O2. The Kier molecular flexibility index (Phi) is 5.86. The first kappa shape index (κ1) is 20.5. The van der Waals surface area contributed by atoms with E-state index in [2.05, 4.69) is 24.5 Å². The Morgan fingerprint density at radius 3 is 2.39 bits per heavy atom. The van der Waals surface area contributed by atoms with Crippen LogP contribution in [-0.4, -0.2) is 30.9 Å². The number of piperidine rings is 2. The molecule has 0 aromatic heterocycles. The van der Waals surface area contributed by atoms with Crippen molar-refractivity contribution in [2.75, 3.05) is 23.3 Å². The summed E-state index contributed by atoms with van der Waals surface area (Å²) in [5.74, 6) is 0.201. The third-order valence-electron chi connectivity index (χ3n) is 5.71. The van der Waals surface area contributed by atoms with Crippen LogP contribution in [0.4, 0.5) is 24.5 Å². The molecule has 0 spiro atoms. The number of carbonyl (C=O) groups excluding carboxylic acids is 2. The fraction of sp³-hybridized carbons (Fsp3) is 0.600. The number of benzene rings is 1. The first-order valence-corrected chi connectivity index (χ1v) is 9.71. The van der Waals surface area contributed by atoms with Crippen molar-refractivity contribution in [2.45, 2.75) is 51.7 Å². The normalized spacial score (nSPS) is 21.8. The summed E-state index contributed by atoms with van der Waals surface area (Å²) in [5, 5.41) is 5.03. The van der Waals surface area contributed by atoms with Gasteiger partial charge in [0, 0.05) is 30.9 Å². The van der Waals surface area contributed by atoms with Gasteiger partial charge in [0.1, 0.15) is 6.04 Å². The van der Waals surface area contributed by atoms with Gasteiger partial charge >= 0.3 is 6.18 Å². The van der Waals surface area contributed by atoms with Crippen molar-refractivity contribution in [1.29, 1.82) is 0 Å². The van der Waals surface area contributed by atoms with Crippen molar-refractivity contribution in [2.24, 2.45) is 11.8 Å². The Morgan fingerprint density at radius 1 is 1.14 bits per heavy atom. The molecule has 3 rings (SSSR count). The van der Waals surface area contributed by atoms with Gasteiger partial charge in [-0.05, 0) is 49.3 Å². The number of anilines is 2. The molecular weight excluding hydrogens is 371 g/mol. The van der Waals surface area contributed by atoms with Crippen LogP contribution < -0.4 is 15.5 Å². The Labute approximate surface area is 162 Å². The second-order valence-corrected chi connectivity index (χ2v) is 7.95. The molecule has 1 atom stereocenters. The molecule has 2 fully saturated rings. The van der Waals surface area contributed by atoms with E-state index < -0.39 is 23.7 Å². The molecule has 0 saturated carbocycles. The maximum atomic E-state index is 13.7. The molecule has 2 aliphatic heterocycles. The highest BCUT2D eigenvalue weighted by Gasteiger charge is 2.36. The van der Waals surface area contributed by atoms with Gasteiger partial charge in [0.25, 0.3) is 0 Å². The van der Waals surface area contributed by atoms with Gasteiger partial charge in [-0.25, -0.2) is 0 Å². The van der Waals surface area contributed by atoms with Gasteiger partial charge < -0.3 is 10.2 Å². The summed E-state index contributed by atoms with van der Waals surface area (Å²) in [6.45, 7) is 5.51. The van der Waals surface area contributed by atoms with Gasteiger partial charge in [0.05, 0.1) is 5.56 Å². The summed E-state index contributed by atoms with van der Waals surface area (Å²) in [4.78, 5) is 24.9. The number of halogens is 3. The third-order valence-corrected chi connectivity index (χ3v) is 5.71. The van der Waals surface area contributed by atoms with Crippen LogP contribution in [0.2, 0.25) is 0 Å². The number of nitrogens with zero attached hydrogens (tertiary/aromatic N) is 1. The average Bonchev–Trinajstić information content (AvgIpc) is 2.63. The molecule has 1 unspecified atom stereocenters. The molecule has 0 bridgehead atoms. The fourth-order valence-corrected chi connectivity index (χ4v) is 3.97. The quantitative estimate of drug-likeness (QED) is 0.759. The summed E-state index contributed by atoms with van der Waals surface area (Å²) in [5.41, 5.74) is -0.293. The first-order chi connectivity index (χ1) is 13.1. The number of nitrogens with one attached hydrogen (secondary N) is 2. The Balaban J connectivity index is 1.79. The maximum absolute atomic E-state index is 13.7. The third kappa shape index (κ3) is 4.59. The number of hydrogen-bond acceptors (Lipinski definition) is 4. The SMILES string of the molecule is CC(C)C1CCN(c2ccc(NC3CCC(=O)NC3=O)cc2C(F)(F)F)CC1. The van der Waals surface area contributed by atoms with E-state index in [1.807, 2.05) is 0 Å². The largest absolute Gasteiger partial charge is 0.418 e. The summed E-state index contributed by atoms with van der Waals surface area (Å²) < 4.78 is 41.1. The molecule has 154 valence electrons. The van der Waals surface area contributed by atoms with Crippen molar-refractivity contribution < 1.29 is 22.8 Å². The highest BCUT2D eigenvalue weighted by Crippen LogP contribution is 2.40. The minimum absolute atomic E-state index is 0.165. The van der Waals surface area contributed by atoms with E-state index in [4.69, 9.17) is 0 Å². The zero-order valence-corrected chi connectivity index (χ0v) is 16.1. The van der Waals surface area contributed by atoms with Gasteiger partial charge in [0.15, 0.2) is 0 Å². The van der Waals surface area contributed by atoms with Crippen molar-refractivity contribution >= 4 is 23.2 Å². The zero-order chi connectivity index (χ0) is 20.5. The minimum Gasteiger partial charge on any atom is -0.374 e. The predicted octanol–water partition coefficient (Wildman–Crippen LogP) is 3.79. The van der Waals surface area contributed by atoms with Crippen LogP contribution in [-0.2, 0) is 15.8 Å². The Bertz CT molecular complexity index is 741. The molecule has 0 radical (unpaired) electrons. The number of alkyl halides is 3. The van der Waals surface area contributed by atoms with Crippen molar-refractivity contribution in [3.63, 3.8) is 0 Å². The monoisotopic (exact) mass is 397 g/mol. The topological polar surface area (TPSA) is 61.4 Å². The maximum Gasteiger partial charge on any atom is 0.418 e. The Hall–Kier alpha value is -2.25. The number of amides is 2. The second-order valence-electron chi connectivity index (χ2n) is 7.95. The van der Waals surface area contributed by atoms with Crippen molar-refractivity contribution in [3.8, 4) is 0 Å². The van der Waals surface area contributed by atoms with Crippen LogP contribution >= 0.6 is 0 Å². The molecule has 28 heavy (non-hydrogen) atoms. The fourth-order valence-electron chi connectivity index (χ4n) is 3.97. The Morgan fingerprint density at radius 2 is 1.82 bits per heavy atom. The second kappa shape index (κ2) is 8.01. The van der Waals surface area contributed by atoms with Crippen LogP contribution in [0.5, 0.6) is 0 Å². The standard InChI is InChI=1S/C20H26F3N3O2/c1-12(2)13-7-9-26(10-8-13)17-5-3-14(11-15(17)20(21,22)23)24-16-4-6-18(27)25-19(16)28/h3,5,11-13,16,24H,4,6-10H2,1-2H3,(H,25,27,28). The molecule has 8 heteroatoms. The van der Waals surface area contributed by atoms with Gasteiger partial charge in [-0.2, -0.15) is 13.2 Å². The summed E-state index contributed by atoms with van der Waals surface area (Å²) in [6.07, 6.45) is -2.31. The zero-order valence-electron chi connectivity index (χ0n) is 16.1. The van der Waals surface area contributed by atoms with E-state index >= 15 is 0 Å². The van der Waals surface area contributed by atoms with E-state index in [1.165, 1.54) is 6.07 Å². The molecule has 2 saturated heterocycles. The minimum atomic E-state index is -4.49. The van der Waals surface area contributed by atoms with E-state index in [0.29, 0.717) is 24.9 Å². The van der Waals surface area contributed by atoms with Gasteiger partial charge in [0.2, 0.25) is 11.8 Å². The van der Waals surface area contributed by atoms with Crippen molar-refractivity contribution in [1.82, 2.24) is 5.32 Å². The molecule has 5 nitrogen and oxygen atoms in total. The van der Waals surface area contributed by atoms with E-state index in [0.717, 1.165) is 18.9 Å². The van der Waals surface area contributed by atoms with Crippen LogP contribution in [0.25, 0.3) is 0 Å². The molecule has 2 amide bonds. The number of hydrogen-bond donors (Lipinski definition) is 2. The van der Waals surface area contributed by atoms with Crippen molar-refractivity contribution in [3.05, 3.63) is 23.8 Å². The van der Waals surface area contributed by atoms with Gasteiger partial charge in [-0.15, -0.1) is 0 Å². The van der Waals surface area contributed by atoms with Gasteiger partial charge in [-0.3, -0.25) is 14.9 Å². The van der Waals surface area contributed by atoms with Crippen LogP contribution in [0.3, 0.4) is 0 Å². The summed E-state index contributed by atoms with van der Waals surface area (Å²) in [6, 6.07) is 3.40. The van der Waals surface area contributed by atoms with Crippen LogP contribution in [0, 0.1) is 11.8 Å². The highest BCUT2D eigenvalue weighted by atomic mass is 19.4. The average molecular weight is 397 g/mol. The summed E-state index contributed by atoms with van der Waals surface area (Å²) >= 11 is 0. The molecule has 2 heterocycles. The smallest absolute Gasteiger partial charge is 0.374 e. The lowest BCUT2D eigenvalue weighted by Gasteiger charge is -2.36. The molecule has 1 aromatic rings. The lowest BCUT2D eigenvalue weighted by atomic mass is 9.86. The number of rotatable bonds is 4. The highest BCUT2D eigenvalue weighted by molar-refractivity contribution is 6.01.